The maximum atomic E-state index is 12.7. The SMILES string of the molecule is CCOC1CC(N)(C(=O)NCc2ccc(CN3CCCC3)cc2)C1(C)C.Cl.Cl. The van der Waals surface area contributed by atoms with Crippen LogP contribution in [0.15, 0.2) is 24.3 Å². The molecule has 1 amide bonds. The maximum Gasteiger partial charge on any atom is 0.241 e. The van der Waals surface area contributed by atoms with E-state index < -0.39 is 5.54 Å². The molecule has 1 aromatic rings. The zero-order chi connectivity index (χ0) is 18.8. The molecular weight excluding hydrogens is 397 g/mol. The van der Waals surface area contributed by atoms with Gasteiger partial charge in [0, 0.05) is 31.5 Å². The fourth-order valence-corrected chi connectivity index (χ4v) is 4.12. The Hall–Kier alpha value is -0.850. The standard InChI is InChI=1S/C21H33N3O2.2ClH/c1-4-26-18-13-21(22,20(18,2)3)19(25)23-14-16-7-9-17(10-8-16)15-24-11-5-6-12-24;;/h7-10,18H,4-6,11-15,22H2,1-3H3,(H,23,25);2*1H. The van der Waals surface area contributed by atoms with Gasteiger partial charge in [-0.1, -0.05) is 38.1 Å². The lowest BCUT2D eigenvalue weighted by Crippen LogP contribution is -2.75. The molecule has 1 saturated carbocycles. The first kappa shape index (κ1) is 25.2. The number of likely N-dealkylation sites (tertiary alicyclic amines) is 1. The van der Waals surface area contributed by atoms with Crippen molar-refractivity contribution in [1.82, 2.24) is 10.2 Å². The van der Waals surface area contributed by atoms with Gasteiger partial charge in [-0.05, 0) is 44.0 Å². The number of nitrogens with two attached hydrogens (primary N) is 1. The zero-order valence-electron chi connectivity index (χ0n) is 17.2. The van der Waals surface area contributed by atoms with Gasteiger partial charge in [-0.25, -0.2) is 0 Å². The molecule has 0 aromatic heterocycles. The molecule has 5 nitrogen and oxygen atoms in total. The minimum absolute atomic E-state index is 0. The number of benzene rings is 1. The summed E-state index contributed by atoms with van der Waals surface area (Å²) in [7, 11) is 0. The van der Waals surface area contributed by atoms with Crippen LogP contribution in [0.4, 0.5) is 0 Å². The lowest BCUT2D eigenvalue weighted by atomic mass is 9.54. The predicted molar refractivity (Wildman–Crippen MR) is 118 cm³/mol. The van der Waals surface area contributed by atoms with Gasteiger partial charge in [0.15, 0.2) is 0 Å². The zero-order valence-corrected chi connectivity index (χ0v) is 18.8. The van der Waals surface area contributed by atoms with Crippen molar-refractivity contribution in [3.05, 3.63) is 35.4 Å². The summed E-state index contributed by atoms with van der Waals surface area (Å²) in [6.07, 6.45) is 3.25. The molecule has 0 spiro atoms. The first-order valence-electron chi connectivity index (χ1n) is 9.86. The van der Waals surface area contributed by atoms with E-state index in [-0.39, 0.29) is 42.2 Å². The quantitative estimate of drug-likeness (QED) is 0.694. The highest BCUT2D eigenvalue weighted by atomic mass is 35.5. The van der Waals surface area contributed by atoms with Gasteiger partial charge in [-0.15, -0.1) is 24.8 Å². The number of amides is 1. The number of rotatable bonds is 7. The summed E-state index contributed by atoms with van der Waals surface area (Å²) in [5, 5.41) is 3.02. The molecule has 1 aromatic carbocycles. The Bertz CT molecular complexity index is 633. The van der Waals surface area contributed by atoms with Crippen LogP contribution < -0.4 is 11.1 Å². The second-order valence-corrected chi connectivity index (χ2v) is 8.32. The highest BCUT2D eigenvalue weighted by Crippen LogP contribution is 2.49. The van der Waals surface area contributed by atoms with Crippen molar-refractivity contribution >= 4 is 30.7 Å². The molecular formula is C21H35Cl2N3O2. The molecule has 160 valence electrons. The Labute approximate surface area is 181 Å². The summed E-state index contributed by atoms with van der Waals surface area (Å²) in [6.45, 7) is 10.6. The van der Waals surface area contributed by atoms with Crippen LogP contribution in [0.25, 0.3) is 0 Å². The van der Waals surface area contributed by atoms with Crippen molar-refractivity contribution in [2.45, 2.75) is 64.8 Å². The van der Waals surface area contributed by atoms with Crippen LogP contribution in [0.2, 0.25) is 0 Å². The molecule has 0 radical (unpaired) electrons. The van der Waals surface area contributed by atoms with Gasteiger partial charge in [0.1, 0.15) is 5.54 Å². The smallest absolute Gasteiger partial charge is 0.241 e. The molecule has 1 aliphatic heterocycles. The van der Waals surface area contributed by atoms with E-state index in [1.807, 2.05) is 20.8 Å². The number of hydrogen-bond donors (Lipinski definition) is 2. The van der Waals surface area contributed by atoms with Crippen molar-refractivity contribution < 1.29 is 9.53 Å². The summed E-state index contributed by atoms with van der Waals surface area (Å²) in [5.41, 5.74) is 7.65. The summed E-state index contributed by atoms with van der Waals surface area (Å²) in [6, 6.07) is 8.53. The number of nitrogens with one attached hydrogen (secondary N) is 1. The average molecular weight is 432 g/mol. The molecule has 28 heavy (non-hydrogen) atoms. The second-order valence-electron chi connectivity index (χ2n) is 8.32. The summed E-state index contributed by atoms with van der Waals surface area (Å²) in [4.78, 5) is 15.2. The van der Waals surface area contributed by atoms with Crippen LogP contribution >= 0.6 is 24.8 Å². The van der Waals surface area contributed by atoms with E-state index in [2.05, 4.69) is 34.5 Å². The third-order valence-electron chi connectivity index (χ3n) is 6.32. The Morgan fingerprint density at radius 2 is 1.75 bits per heavy atom. The predicted octanol–water partition coefficient (Wildman–Crippen LogP) is 3.27. The summed E-state index contributed by atoms with van der Waals surface area (Å²) < 4.78 is 5.71. The fourth-order valence-electron chi connectivity index (χ4n) is 4.12. The normalized spacial score (nSPS) is 25.9. The van der Waals surface area contributed by atoms with Gasteiger partial charge in [0.2, 0.25) is 5.91 Å². The van der Waals surface area contributed by atoms with Crippen molar-refractivity contribution in [1.29, 1.82) is 0 Å². The van der Waals surface area contributed by atoms with Crippen molar-refractivity contribution in [2.75, 3.05) is 19.7 Å². The van der Waals surface area contributed by atoms with Gasteiger partial charge in [-0.3, -0.25) is 9.69 Å². The third-order valence-corrected chi connectivity index (χ3v) is 6.32. The van der Waals surface area contributed by atoms with E-state index in [4.69, 9.17) is 10.5 Å². The minimum Gasteiger partial charge on any atom is -0.378 e. The molecule has 0 bridgehead atoms. The monoisotopic (exact) mass is 431 g/mol. The lowest BCUT2D eigenvalue weighted by Gasteiger charge is -2.57. The summed E-state index contributed by atoms with van der Waals surface area (Å²) in [5.74, 6) is -0.0837. The fraction of sp³-hybridized carbons (Fsp3) is 0.667. The van der Waals surface area contributed by atoms with Crippen LogP contribution in [0.3, 0.4) is 0 Å². The lowest BCUT2D eigenvalue weighted by molar-refractivity contribution is -0.170. The van der Waals surface area contributed by atoms with E-state index in [9.17, 15) is 4.79 Å². The molecule has 2 aliphatic rings. The first-order chi connectivity index (χ1) is 12.4. The van der Waals surface area contributed by atoms with Gasteiger partial charge >= 0.3 is 0 Å². The van der Waals surface area contributed by atoms with Crippen LogP contribution in [0.1, 0.15) is 51.2 Å². The molecule has 1 heterocycles. The van der Waals surface area contributed by atoms with Crippen LogP contribution in [-0.4, -0.2) is 42.1 Å². The van der Waals surface area contributed by atoms with Gasteiger partial charge < -0.3 is 15.8 Å². The molecule has 7 heteroatoms. The number of ether oxygens (including phenoxy) is 1. The minimum atomic E-state index is -0.859. The molecule has 3 rings (SSSR count). The van der Waals surface area contributed by atoms with Crippen molar-refractivity contribution in [2.24, 2.45) is 11.1 Å². The summed E-state index contributed by atoms with van der Waals surface area (Å²) >= 11 is 0. The van der Waals surface area contributed by atoms with Crippen LogP contribution in [0.5, 0.6) is 0 Å². The van der Waals surface area contributed by atoms with Crippen LogP contribution in [-0.2, 0) is 22.6 Å². The van der Waals surface area contributed by atoms with E-state index in [1.54, 1.807) is 0 Å². The average Bonchev–Trinajstić information content (AvgIpc) is 3.13. The number of hydrogen-bond acceptors (Lipinski definition) is 4. The Morgan fingerprint density at radius 3 is 2.29 bits per heavy atom. The van der Waals surface area contributed by atoms with E-state index in [1.165, 1.54) is 31.5 Å². The topological polar surface area (TPSA) is 67.6 Å². The largest absolute Gasteiger partial charge is 0.378 e. The maximum absolute atomic E-state index is 12.7. The van der Waals surface area contributed by atoms with Gasteiger partial charge in [0.05, 0.1) is 6.10 Å². The second kappa shape index (κ2) is 10.3. The number of halogens is 2. The van der Waals surface area contributed by atoms with E-state index in [0.717, 1.165) is 12.1 Å². The van der Waals surface area contributed by atoms with Crippen LogP contribution in [0, 0.1) is 5.41 Å². The van der Waals surface area contributed by atoms with E-state index >= 15 is 0 Å². The Morgan fingerprint density at radius 1 is 1.18 bits per heavy atom. The number of nitrogens with zero attached hydrogens (tertiary/aromatic N) is 1. The van der Waals surface area contributed by atoms with Crippen molar-refractivity contribution in [3.8, 4) is 0 Å². The van der Waals surface area contributed by atoms with Gasteiger partial charge in [0.25, 0.3) is 0 Å². The Balaban J connectivity index is 0.00000196. The molecule has 2 atom stereocenters. The molecule has 2 unspecified atom stereocenters. The number of carbonyl (C=O) groups is 1. The van der Waals surface area contributed by atoms with Crippen molar-refractivity contribution in [3.63, 3.8) is 0 Å². The molecule has 1 saturated heterocycles. The molecule has 2 fully saturated rings. The number of carbonyl (C=O) groups excluding carboxylic acids is 1. The van der Waals surface area contributed by atoms with Gasteiger partial charge in [-0.2, -0.15) is 0 Å². The molecule has 3 N–H and O–H groups in total. The first-order valence-corrected chi connectivity index (χ1v) is 9.86. The molecule has 1 aliphatic carbocycles. The van der Waals surface area contributed by atoms with E-state index in [0.29, 0.717) is 19.6 Å². The third kappa shape index (κ3) is 5.00. The highest BCUT2D eigenvalue weighted by Gasteiger charge is 2.62. The highest BCUT2D eigenvalue weighted by molar-refractivity contribution is 5.88. The Kier molecular flexibility index (Phi) is 9.23.